The maximum atomic E-state index is 14.1. The van der Waals surface area contributed by atoms with Gasteiger partial charge in [0, 0.05) is 23.9 Å². The number of carboxylic acid groups (broad SMARTS) is 2. The number of nitrogens with one attached hydrogen (secondary N) is 4. The van der Waals surface area contributed by atoms with E-state index in [2.05, 4.69) is 26.3 Å². The molecule has 0 saturated heterocycles. The van der Waals surface area contributed by atoms with Gasteiger partial charge in [-0.3, -0.25) is 29.0 Å². The van der Waals surface area contributed by atoms with Crippen LogP contribution in [0, 0.1) is 5.92 Å². The van der Waals surface area contributed by atoms with Crippen LogP contribution in [0.15, 0.2) is 109 Å². The van der Waals surface area contributed by atoms with Crippen molar-refractivity contribution in [1.29, 1.82) is 0 Å². The number of para-hydroxylation sites is 2. The lowest BCUT2D eigenvalue weighted by molar-refractivity contribution is -0.138. The molecule has 312 valence electrons. The highest BCUT2D eigenvalue weighted by molar-refractivity contribution is 7.90. The lowest BCUT2D eigenvalue weighted by Crippen LogP contribution is -2.59. The second kappa shape index (κ2) is 21.6. The number of pyridine rings is 1. The molecule has 6 N–H and O–H groups in total. The molecule has 0 fully saturated rings. The first-order valence-corrected chi connectivity index (χ1v) is 19.9. The topological polar surface area (TPSA) is 256 Å². The molecule has 4 rings (SSSR count). The number of aromatic nitrogens is 1. The Balaban J connectivity index is 1.56. The van der Waals surface area contributed by atoms with E-state index in [1.165, 1.54) is 12.1 Å². The first-order chi connectivity index (χ1) is 28.1. The summed E-state index contributed by atoms with van der Waals surface area (Å²) >= 11 is 0. The van der Waals surface area contributed by atoms with Crippen molar-refractivity contribution in [2.75, 3.05) is 0 Å². The molecule has 3 aromatic carbocycles. The second-order valence-electron chi connectivity index (χ2n) is 13.6. The summed E-state index contributed by atoms with van der Waals surface area (Å²) in [7, 11) is -4.37. The molecule has 4 atom stereocenters. The van der Waals surface area contributed by atoms with E-state index in [9.17, 15) is 47.4 Å². The monoisotopic (exact) mass is 831 g/mol. The molecule has 4 amide bonds. The third-order valence-corrected chi connectivity index (χ3v) is 9.49. The Labute approximate surface area is 340 Å². The first-order valence-electron chi connectivity index (χ1n) is 18.4. The Morgan fingerprint density at radius 3 is 2.03 bits per heavy atom. The molecular formula is C41H45N5O12S. The molecule has 18 heteroatoms. The minimum atomic E-state index is -4.37. The van der Waals surface area contributed by atoms with E-state index in [0.29, 0.717) is 22.2 Å². The summed E-state index contributed by atoms with van der Waals surface area (Å²) < 4.78 is 35.4. The van der Waals surface area contributed by atoms with Crippen LogP contribution in [0.5, 0.6) is 5.75 Å². The summed E-state index contributed by atoms with van der Waals surface area (Å²) in [6.07, 6.45) is -1.92. The summed E-state index contributed by atoms with van der Waals surface area (Å²) in [6, 6.07) is 21.2. The molecule has 17 nitrogen and oxygen atoms in total. The summed E-state index contributed by atoms with van der Waals surface area (Å²) in [4.78, 5) is 82.1. The van der Waals surface area contributed by atoms with Crippen molar-refractivity contribution >= 4 is 56.8 Å². The van der Waals surface area contributed by atoms with Crippen molar-refractivity contribution in [3.05, 3.63) is 120 Å². The highest BCUT2D eigenvalue weighted by Gasteiger charge is 2.33. The molecule has 59 heavy (non-hydrogen) atoms. The molecule has 0 aliphatic rings. The van der Waals surface area contributed by atoms with Crippen LogP contribution in [0.2, 0.25) is 0 Å². The van der Waals surface area contributed by atoms with E-state index in [4.69, 9.17) is 8.92 Å². The van der Waals surface area contributed by atoms with Gasteiger partial charge in [0.25, 0.3) is 0 Å². The molecule has 4 unspecified atom stereocenters. The third-order valence-electron chi connectivity index (χ3n) is 8.57. The Kier molecular flexibility index (Phi) is 16.5. The average molecular weight is 832 g/mol. The number of carboxylic acids is 2. The fourth-order valence-electron chi connectivity index (χ4n) is 5.60. The van der Waals surface area contributed by atoms with Gasteiger partial charge in [0.1, 0.15) is 30.5 Å². The zero-order chi connectivity index (χ0) is 43.0. The van der Waals surface area contributed by atoms with Gasteiger partial charge in [0.15, 0.2) is 0 Å². The number of alkyl carbamates (subject to hydrolysis) is 1. The summed E-state index contributed by atoms with van der Waals surface area (Å²) in [5.74, 6) is -5.92. The predicted octanol–water partition coefficient (Wildman–Crippen LogP) is 3.44. The number of hydrogen-bond acceptors (Lipinski definition) is 11. The number of amides is 4. The Hall–Kier alpha value is -6.82. The molecule has 0 aliphatic heterocycles. The molecule has 0 radical (unpaired) electrons. The molecule has 0 saturated carbocycles. The van der Waals surface area contributed by atoms with E-state index >= 15 is 0 Å². The van der Waals surface area contributed by atoms with Crippen LogP contribution < -0.4 is 25.5 Å². The minimum Gasteiger partial charge on any atom is -0.481 e. The SMILES string of the molecule is CC(C)C(NC(=O)C(Cc1ccc2ccccc2n1)NC(=O)C(CCC(=O)O)NC(=O)OCc1ccccc1)C(=O)NC(C=CS(=O)(=O)Oc1ccccc1)CC(=O)O. The second-order valence-corrected chi connectivity index (χ2v) is 15.0. The Bertz CT molecular complexity index is 2240. The van der Waals surface area contributed by atoms with Crippen LogP contribution in [-0.4, -0.2) is 83.5 Å². The minimum absolute atomic E-state index is 0.00562. The van der Waals surface area contributed by atoms with Crippen LogP contribution in [-0.2, 0) is 51.9 Å². The Morgan fingerprint density at radius 1 is 0.729 bits per heavy atom. The van der Waals surface area contributed by atoms with Crippen molar-refractivity contribution in [2.24, 2.45) is 5.92 Å². The van der Waals surface area contributed by atoms with Crippen LogP contribution in [0.25, 0.3) is 10.9 Å². The van der Waals surface area contributed by atoms with Crippen LogP contribution in [0.4, 0.5) is 4.79 Å². The molecular weight excluding hydrogens is 787 g/mol. The zero-order valence-corrected chi connectivity index (χ0v) is 33.0. The van der Waals surface area contributed by atoms with Crippen LogP contribution in [0.1, 0.15) is 44.4 Å². The first kappa shape index (κ1) is 44.9. The number of hydrogen-bond donors (Lipinski definition) is 6. The number of carbonyl (C=O) groups is 6. The van der Waals surface area contributed by atoms with Gasteiger partial charge < -0.3 is 40.4 Å². The molecule has 0 bridgehead atoms. The fourth-order valence-corrected chi connectivity index (χ4v) is 6.42. The van der Waals surface area contributed by atoms with Gasteiger partial charge in [-0.1, -0.05) is 86.6 Å². The van der Waals surface area contributed by atoms with Gasteiger partial charge in [-0.15, -0.1) is 0 Å². The van der Waals surface area contributed by atoms with E-state index < -0.39 is 88.8 Å². The standard InChI is InChI=1S/C41H45N5O12S/c1-26(2)37(40(53)43-30(24-36(49)50)21-22-59(55,56)58-31-14-7-4-8-15-31)46-39(52)34(23-29-18-17-28-13-9-10-16-32(28)42-29)44-38(51)33(19-20-35(47)48)45-41(54)57-25-27-11-5-3-6-12-27/h3-18,21-22,26,30,33-34,37H,19-20,23-25H2,1-2H3,(H,43,53)(H,44,51)(H,45,54)(H,46,52)(H,47,48)(H,49,50). The number of nitrogens with zero attached hydrogens (tertiary/aromatic N) is 1. The predicted molar refractivity (Wildman–Crippen MR) is 214 cm³/mol. The largest absolute Gasteiger partial charge is 0.481 e. The number of aliphatic carboxylic acids is 2. The zero-order valence-electron chi connectivity index (χ0n) is 32.1. The average Bonchev–Trinajstić information content (AvgIpc) is 3.19. The summed E-state index contributed by atoms with van der Waals surface area (Å²) in [5.41, 5.74) is 1.60. The smallest absolute Gasteiger partial charge is 0.408 e. The van der Waals surface area contributed by atoms with Gasteiger partial charge >= 0.3 is 28.1 Å². The summed E-state index contributed by atoms with van der Waals surface area (Å²) in [6.45, 7) is 3.05. The van der Waals surface area contributed by atoms with E-state index in [1.54, 1.807) is 86.6 Å². The van der Waals surface area contributed by atoms with E-state index in [-0.39, 0.29) is 25.2 Å². The molecule has 1 aromatic heterocycles. The maximum absolute atomic E-state index is 14.1. The number of benzene rings is 3. The van der Waals surface area contributed by atoms with Crippen LogP contribution in [0.3, 0.4) is 0 Å². The quantitative estimate of drug-likeness (QED) is 0.0659. The van der Waals surface area contributed by atoms with E-state index in [1.807, 2.05) is 12.1 Å². The number of fused-ring (bicyclic) bond motifs is 1. The van der Waals surface area contributed by atoms with E-state index in [0.717, 1.165) is 11.5 Å². The molecule has 0 spiro atoms. The van der Waals surface area contributed by atoms with Gasteiger partial charge in [0.2, 0.25) is 17.7 Å². The fraction of sp³-hybridized carbons (Fsp3) is 0.293. The molecule has 1 heterocycles. The summed E-state index contributed by atoms with van der Waals surface area (Å²) in [5, 5.41) is 30.3. The van der Waals surface area contributed by atoms with Crippen molar-refractivity contribution in [1.82, 2.24) is 26.3 Å². The van der Waals surface area contributed by atoms with Gasteiger partial charge in [-0.2, -0.15) is 8.42 Å². The normalized spacial score (nSPS) is 13.4. The number of ether oxygens (including phenoxy) is 1. The van der Waals surface area contributed by atoms with Crippen molar-refractivity contribution in [3.8, 4) is 5.75 Å². The lowest BCUT2D eigenvalue weighted by Gasteiger charge is -2.27. The maximum Gasteiger partial charge on any atom is 0.408 e. The van der Waals surface area contributed by atoms with Gasteiger partial charge in [-0.25, -0.2) is 4.79 Å². The van der Waals surface area contributed by atoms with Gasteiger partial charge in [-0.05, 0) is 48.2 Å². The molecule has 4 aromatic rings. The highest BCUT2D eigenvalue weighted by Crippen LogP contribution is 2.15. The van der Waals surface area contributed by atoms with Crippen LogP contribution >= 0.6 is 0 Å². The number of carbonyl (C=O) groups excluding carboxylic acids is 4. The van der Waals surface area contributed by atoms with Crippen molar-refractivity contribution in [2.45, 2.75) is 70.3 Å². The third kappa shape index (κ3) is 15.2. The molecule has 0 aliphatic carbocycles. The van der Waals surface area contributed by atoms with Crippen molar-refractivity contribution < 1.29 is 56.3 Å². The highest BCUT2D eigenvalue weighted by atomic mass is 32.2. The number of rotatable bonds is 21. The van der Waals surface area contributed by atoms with Crippen molar-refractivity contribution in [3.63, 3.8) is 0 Å². The lowest BCUT2D eigenvalue weighted by atomic mass is 10.0. The Morgan fingerprint density at radius 2 is 1.37 bits per heavy atom. The van der Waals surface area contributed by atoms with Gasteiger partial charge in [0.05, 0.1) is 23.4 Å².